The molecule has 2 aromatic carbocycles. The van der Waals surface area contributed by atoms with Crippen molar-refractivity contribution < 1.29 is 19.2 Å². The van der Waals surface area contributed by atoms with E-state index in [2.05, 4.69) is 39.9 Å². The molecule has 0 saturated heterocycles. The van der Waals surface area contributed by atoms with Gasteiger partial charge in [0.15, 0.2) is 0 Å². The van der Waals surface area contributed by atoms with Gasteiger partial charge in [-0.25, -0.2) is 10.3 Å². The van der Waals surface area contributed by atoms with Crippen LogP contribution in [0.1, 0.15) is 37.3 Å². The number of nitrogens with one attached hydrogen (secondary N) is 2. The molecule has 0 aliphatic heterocycles. The highest BCUT2D eigenvalue weighted by molar-refractivity contribution is 5.85. The number of alkyl carbamates (subject to hydrolysis) is 1. The Morgan fingerprint density at radius 2 is 1.61 bits per heavy atom. The highest BCUT2D eigenvalue weighted by atomic mass is 16.6. The molecule has 0 aromatic heterocycles. The number of hydroxylamine groups is 1. The van der Waals surface area contributed by atoms with Gasteiger partial charge in [0.05, 0.1) is 7.11 Å². The second kappa shape index (κ2) is 8.89. The van der Waals surface area contributed by atoms with E-state index in [0.717, 1.165) is 17.5 Å². The second-order valence-electron chi connectivity index (χ2n) is 7.00. The molecule has 28 heavy (non-hydrogen) atoms. The lowest BCUT2D eigenvalue weighted by Crippen LogP contribution is -2.50. The van der Waals surface area contributed by atoms with Crippen molar-refractivity contribution in [2.45, 2.75) is 32.2 Å². The molecule has 2 amide bonds. The van der Waals surface area contributed by atoms with Crippen molar-refractivity contribution in [2.24, 2.45) is 5.92 Å². The van der Waals surface area contributed by atoms with E-state index in [9.17, 15) is 9.59 Å². The quantitative estimate of drug-likeness (QED) is 0.717. The fourth-order valence-electron chi connectivity index (χ4n) is 3.63. The summed E-state index contributed by atoms with van der Waals surface area (Å²) in [7, 11) is 1.36. The summed E-state index contributed by atoms with van der Waals surface area (Å²) in [5.74, 6) is -0.478. The maximum atomic E-state index is 12.4. The van der Waals surface area contributed by atoms with Gasteiger partial charge in [-0.15, -0.1) is 0 Å². The van der Waals surface area contributed by atoms with Crippen LogP contribution in [0.3, 0.4) is 0 Å². The van der Waals surface area contributed by atoms with Crippen LogP contribution in [0.15, 0.2) is 48.5 Å². The first-order valence-corrected chi connectivity index (χ1v) is 9.51. The van der Waals surface area contributed by atoms with E-state index in [4.69, 9.17) is 4.74 Å². The summed E-state index contributed by atoms with van der Waals surface area (Å²) in [6, 6.07) is 15.6. The highest BCUT2D eigenvalue weighted by Gasteiger charge is 2.30. The average Bonchev–Trinajstić information content (AvgIpc) is 3.04. The van der Waals surface area contributed by atoms with E-state index in [1.807, 2.05) is 38.1 Å². The van der Waals surface area contributed by atoms with Gasteiger partial charge in [-0.05, 0) is 28.2 Å². The van der Waals surface area contributed by atoms with Crippen LogP contribution in [0, 0.1) is 5.92 Å². The molecule has 0 bridgehead atoms. The number of ether oxygens (including phenoxy) is 1. The third-order valence-electron chi connectivity index (χ3n) is 5.32. The first kappa shape index (κ1) is 19.9. The van der Waals surface area contributed by atoms with Crippen LogP contribution >= 0.6 is 0 Å². The zero-order valence-electron chi connectivity index (χ0n) is 16.4. The zero-order chi connectivity index (χ0) is 20.1. The SMILES string of the molecule is CC[C@H](C)[C@@H](NC(=O)OCC1c2ccccc2-c2ccccc21)C(=O)NOC. The van der Waals surface area contributed by atoms with E-state index < -0.39 is 18.0 Å². The molecular formula is C22H26N2O4. The van der Waals surface area contributed by atoms with Gasteiger partial charge in [-0.3, -0.25) is 9.63 Å². The fraction of sp³-hybridized carbons (Fsp3) is 0.364. The van der Waals surface area contributed by atoms with Crippen LogP contribution in [0.5, 0.6) is 0 Å². The van der Waals surface area contributed by atoms with Crippen molar-refractivity contribution in [2.75, 3.05) is 13.7 Å². The van der Waals surface area contributed by atoms with E-state index in [1.165, 1.54) is 18.2 Å². The molecule has 2 atom stereocenters. The monoisotopic (exact) mass is 382 g/mol. The molecular weight excluding hydrogens is 356 g/mol. The Bertz CT molecular complexity index is 806. The molecule has 148 valence electrons. The minimum absolute atomic E-state index is 0.0204. The van der Waals surface area contributed by atoms with Gasteiger partial charge in [0.2, 0.25) is 0 Å². The number of carbonyl (C=O) groups excluding carboxylic acids is 2. The second-order valence-corrected chi connectivity index (χ2v) is 7.00. The van der Waals surface area contributed by atoms with Crippen LogP contribution in [-0.4, -0.2) is 31.8 Å². The fourth-order valence-corrected chi connectivity index (χ4v) is 3.63. The van der Waals surface area contributed by atoms with Crippen molar-refractivity contribution in [3.05, 3.63) is 59.7 Å². The summed E-state index contributed by atoms with van der Waals surface area (Å²) in [6.45, 7) is 4.06. The van der Waals surface area contributed by atoms with Crippen molar-refractivity contribution in [3.63, 3.8) is 0 Å². The Kier molecular flexibility index (Phi) is 6.31. The van der Waals surface area contributed by atoms with Crippen LogP contribution in [0.4, 0.5) is 4.79 Å². The van der Waals surface area contributed by atoms with Crippen LogP contribution in [0.25, 0.3) is 11.1 Å². The van der Waals surface area contributed by atoms with Crippen molar-refractivity contribution in [3.8, 4) is 11.1 Å². The summed E-state index contributed by atoms with van der Waals surface area (Å²) in [5.41, 5.74) is 6.91. The van der Waals surface area contributed by atoms with Gasteiger partial charge in [0.25, 0.3) is 5.91 Å². The van der Waals surface area contributed by atoms with E-state index in [-0.39, 0.29) is 18.4 Å². The maximum absolute atomic E-state index is 12.4. The molecule has 0 spiro atoms. The maximum Gasteiger partial charge on any atom is 0.407 e. The lowest BCUT2D eigenvalue weighted by Gasteiger charge is -2.23. The number of amides is 2. The number of fused-ring (bicyclic) bond motifs is 3. The van der Waals surface area contributed by atoms with Crippen molar-refractivity contribution >= 4 is 12.0 Å². The normalized spacial score (nSPS) is 14.5. The number of hydrogen-bond donors (Lipinski definition) is 2. The van der Waals surface area contributed by atoms with Crippen LogP contribution in [0.2, 0.25) is 0 Å². The Labute approximate surface area is 165 Å². The average molecular weight is 382 g/mol. The predicted molar refractivity (Wildman–Crippen MR) is 107 cm³/mol. The molecule has 1 aliphatic rings. The number of hydrogen-bond acceptors (Lipinski definition) is 4. The smallest absolute Gasteiger partial charge is 0.407 e. The lowest BCUT2D eigenvalue weighted by atomic mass is 9.98. The van der Waals surface area contributed by atoms with Crippen LogP contribution < -0.4 is 10.8 Å². The van der Waals surface area contributed by atoms with E-state index in [1.54, 1.807) is 0 Å². The summed E-state index contributed by atoms with van der Waals surface area (Å²) < 4.78 is 5.52. The van der Waals surface area contributed by atoms with Gasteiger partial charge >= 0.3 is 6.09 Å². The molecule has 0 saturated carbocycles. The van der Waals surface area contributed by atoms with Gasteiger partial charge in [-0.1, -0.05) is 68.8 Å². The van der Waals surface area contributed by atoms with Gasteiger partial charge in [0, 0.05) is 5.92 Å². The van der Waals surface area contributed by atoms with Gasteiger partial charge in [0.1, 0.15) is 12.6 Å². The molecule has 2 N–H and O–H groups in total. The number of benzene rings is 2. The molecule has 2 aromatic rings. The summed E-state index contributed by atoms with van der Waals surface area (Å²) in [4.78, 5) is 29.3. The first-order valence-electron chi connectivity index (χ1n) is 9.51. The molecule has 0 heterocycles. The van der Waals surface area contributed by atoms with Crippen molar-refractivity contribution in [1.29, 1.82) is 0 Å². The largest absolute Gasteiger partial charge is 0.449 e. The van der Waals surface area contributed by atoms with Crippen LogP contribution in [-0.2, 0) is 14.4 Å². The zero-order valence-corrected chi connectivity index (χ0v) is 16.4. The molecule has 6 nitrogen and oxygen atoms in total. The molecule has 3 rings (SSSR count). The van der Waals surface area contributed by atoms with Gasteiger partial charge < -0.3 is 10.1 Å². The Morgan fingerprint density at radius 1 is 1.04 bits per heavy atom. The van der Waals surface area contributed by atoms with E-state index in [0.29, 0.717) is 0 Å². The van der Waals surface area contributed by atoms with Gasteiger partial charge in [-0.2, -0.15) is 0 Å². The highest BCUT2D eigenvalue weighted by Crippen LogP contribution is 2.44. The Hall–Kier alpha value is -2.86. The molecule has 0 fully saturated rings. The molecule has 0 radical (unpaired) electrons. The molecule has 1 aliphatic carbocycles. The van der Waals surface area contributed by atoms with Crippen molar-refractivity contribution in [1.82, 2.24) is 10.8 Å². The third kappa shape index (κ3) is 4.02. The van der Waals surface area contributed by atoms with E-state index >= 15 is 0 Å². The number of rotatable bonds is 7. The topological polar surface area (TPSA) is 76.7 Å². The Balaban J connectivity index is 1.70. The number of carbonyl (C=O) groups is 2. The summed E-state index contributed by atoms with van der Waals surface area (Å²) >= 11 is 0. The standard InChI is InChI=1S/C22H26N2O4/c1-4-14(2)20(21(25)24-27-3)23-22(26)28-13-19-17-11-7-5-9-15(17)16-10-6-8-12-18(16)19/h5-12,14,19-20H,4,13H2,1-3H3,(H,23,26)(H,24,25)/t14-,20+/m0/s1. The first-order chi connectivity index (χ1) is 13.6. The lowest BCUT2D eigenvalue weighted by molar-refractivity contribution is -0.134. The third-order valence-corrected chi connectivity index (χ3v) is 5.32. The molecule has 6 heteroatoms. The summed E-state index contributed by atoms with van der Waals surface area (Å²) in [6.07, 6.45) is 0.115. The minimum atomic E-state index is -0.722. The Morgan fingerprint density at radius 3 is 2.14 bits per heavy atom. The predicted octanol–water partition coefficient (Wildman–Crippen LogP) is 3.62. The summed E-state index contributed by atoms with van der Waals surface area (Å²) in [5, 5.41) is 2.67. The minimum Gasteiger partial charge on any atom is -0.449 e. The molecule has 0 unspecified atom stereocenters.